The van der Waals surface area contributed by atoms with Crippen molar-refractivity contribution in [3.63, 3.8) is 0 Å². The predicted octanol–water partition coefficient (Wildman–Crippen LogP) is 0.547. The Hall–Kier alpha value is -0.970. The molecule has 4 nitrogen and oxygen atoms in total. The van der Waals surface area contributed by atoms with Crippen LogP contribution in [0.1, 0.15) is 11.7 Å². The summed E-state index contributed by atoms with van der Waals surface area (Å²) in [6.45, 7) is 4.36. The monoisotopic (exact) mass is 220 g/mol. The van der Waals surface area contributed by atoms with Crippen LogP contribution in [0.2, 0.25) is 0 Å². The van der Waals surface area contributed by atoms with Gasteiger partial charge in [-0.05, 0) is 31.8 Å². The quantitative estimate of drug-likeness (QED) is 0.806. The number of piperazine rings is 1. The van der Waals surface area contributed by atoms with Crippen molar-refractivity contribution < 1.29 is 0 Å². The summed E-state index contributed by atoms with van der Waals surface area (Å²) in [5.41, 5.74) is 1.32. The van der Waals surface area contributed by atoms with E-state index in [0.717, 1.165) is 26.2 Å². The summed E-state index contributed by atoms with van der Waals surface area (Å²) >= 11 is 0. The number of aromatic nitrogens is 1. The van der Waals surface area contributed by atoms with Gasteiger partial charge in [0.1, 0.15) is 0 Å². The summed E-state index contributed by atoms with van der Waals surface area (Å²) in [6, 6.07) is 4.21. The summed E-state index contributed by atoms with van der Waals surface area (Å²) in [5.74, 6) is 0. The van der Waals surface area contributed by atoms with Gasteiger partial charge in [-0.15, -0.1) is 0 Å². The molecular formula is C12H20N4. The maximum Gasteiger partial charge on any atom is 0.0883 e. The first-order chi connectivity index (χ1) is 7.79. The zero-order valence-electron chi connectivity index (χ0n) is 10.1. The summed E-state index contributed by atoms with van der Waals surface area (Å²) in [5, 5.41) is 3.39. The Morgan fingerprint density at radius 2 is 1.88 bits per heavy atom. The fourth-order valence-corrected chi connectivity index (χ4v) is 2.30. The van der Waals surface area contributed by atoms with Gasteiger partial charge in [-0.25, -0.2) is 0 Å². The van der Waals surface area contributed by atoms with E-state index in [1.807, 2.05) is 12.4 Å². The first kappa shape index (κ1) is 11.5. The lowest BCUT2D eigenvalue weighted by molar-refractivity contribution is 0.0672. The molecule has 1 atom stereocenters. The molecule has 1 aliphatic heterocycles. The van der Waals surface area contributed by atoms with Gasteiger partial charge in [0, 0.05) is 38.6 Å². The largest absolute Gasteiger partial charge is 0.314 e. The molecule has 1 aromatic rings. The van der Waals surface area contributed by atoms with Crippen LogP contribution in [0.15, 0.2) is 24.5 Å². The molecule has 1 unspecified atom stereocenters. The molecule has 2 rings (SSSR count). The van der Waals surface area contributed by atoms with Crippen LogP contribution >= 0.6 is 0 Å². The molecule has 0 aromatic carbocycles. The van der Waals surface area contributed by atoms with Crippen LogP contribution in [0.3, 0.4) is 0 Å². The minimum Gasteiger partial charge on any atom is -0.314 e. The number of pyridine rings is 1. The Morgan fingerprint density at radius 1 is 1.25 bits per heavy atom. The van der Waals surface area contributed by atoms with E-state index in [2.05, 4.69) is 46.3 Å². The molecule has 0 aliphatic carbocycles. The SMILES string of the molecule is CN(C)C(c1ccncc1)N1CCNCC1. The Balaban J connectivity index is 2.16. The molecule has 1 fully saturated rings. The summed E-state index contributed by atoms with van der Waals surface area (Å²) < 4.78 is 0. The highest BCUT2D eigenvalue weighted by Crippen LogP contribution is 2.22. The lowest BCUT2D eigenvalue weighted by Crippen LogP contribution is -2.48. The Morgan fingerprint density at radius 3 is 2.44 bits per heavy atom. The average Bonchev–Trinajstić information content (AvgIpc) is 2.31. The highest BCUT2D eigenvalue weighted by molar-refractivity contribution is 5.14. The first-order valence-electron chi connectivity index (χ1n) is 5.80. The van der Waals surface area contributed by atoms with E-state index >= 15 is 0 Å². The van der Waals surface area contributed by atoms with Gasteiger partial charge >= 0.3 is 0 Å². The molecule has 1 N–H and O–H groups in total. The highest BCUT2D eigenvalue weighted by atomic mass is 15.3. The first-order valence-corrected chi connectivity index (χ1v) is 5.80. The molecule has 0 bridgehead atoms. The van der Waals surface area contributed by atoms with Crippen molar-refractivity contribution in [1.29, 1.82) is 0 Å². The van der Waals surface area contributed by atoms with Gasteiger partial charge in [0.25, 0.3) is 0 Å². The molecule has 0 amide bonds. The molecule has 2 heterocycles. The third kappa shape index (κ3) is 2.58. The van der Waals surface area contributed by atoms with E-state index in [0.29, 0.717) is 6.17 Å². The predicted molar refractivity (Wildman–Crippen MR) is 65.1 cm³/mol. The van der Waals surface area contributed by atoms with Gasteiger partial charge in [-0.1, -0.05) is 0 Å². The van der Waals surface area contributed by atoms with Gasteiger partial charge in [0.15, 0.2) is 0 Å². The smallest absolute Gasteiger partial charge is 0.0883 e. The average molecular weight is 220 g/mol. The van der Waals surface area contributed by atoms with Gasteiger partial charge in [-0.3, -0.25) is 14.8 Å². The van der Waals surface area contributed by atoms with Crippen LogP contribution in [0.5, 0.6) is 0 Å². The van der Waals surface area contributed by atoms with E-state index in [1.165, 1.54) is 5.56 Å². The van der Waals surface area contributed by atoms with Crippen LogP contribution in [-0.4, -0.2) is 55.1 Å². The van der Waals surface area contributed by atoms with Crippen LogP contribution in [-0.2, 0) is 0 Å². The van der Waals surface area contributed by atoms with Crippen molar-refractivity contribution in [1.82, 2.24) is 20.1 Å². The molecule has 88 valence electrons. The van der Waals surface area contributed by atoms with Crippen molar-refractivity contribution >= 4 is 0 Å². The maximum atomic E-state index is 4.08. The van der Waals surface area contributed by atoms with E-state index in [1.54, 1.807) is 0 Å². The second-order valence-corrected chi connectivity index (χ2v) is 4.40. The van der Waals surface area contributed by atoms with Crippen molar-refractivity contribution in [2.45, 2.75) is 6.17 Å². The Kier molecular flexibility index (Phi) is 3.88. The third-order valence-electron chi connectivity index (χ3n) is 2.99. The maximum absolute atomic E-state index is 4.08. The molecule has 16 heavy (non-hydrogen) atoms. The number of rotatable bonds is 3. The molecule has 4 heteroatoms. The van der Waals surface area contributed by atoms with E-state index < -0.39 is 0 Å². The molecule has 1 aromatic heterocycles. The molecule has 1 aliphatic rings. The van der Waals surface area contributed by atoms with Crippen molar-refractivity contribution in [2.75, 3.05) is 40.3 Å². The zero-order valence-corrected chi connectivity index (χ0v) is 10.1. The molecule has 0 spiro atoms. The molecule has 1 saturated heterocycles. The zero-order chi connectivity index (χ0) is 11.4. The molecule has 0 radical (unpaired) electrons. The molecular weight excluding hydrogens is 200 g/mol. The number of nitrogens with zero attached hydrogens (tertiary/aromatic N) is 3. The third-order valence-corrected chi connectivity index (χ3v) is 2.99. The minimum absolute atomic E-state index is 0.366. The van der Waals surface area contributed by atoms with Gasteiger partial charge in [0.05, 0.1) is 6.17 Å². The van der Waals surface area contributed by atoms with Crippen LogP contribution in [0.25, 0.3) is 0 Å². The second kappa shape index (κ2) is 5.39. The van der Waals surface area contributed by atoms with Gasteiger partial charge in [-0.2, -0.15) is 0 Å². The van der Waals surface area contributed by atoms with Crippen LogP contribution in [0, 0.1) is 0 Å². The molecule has 0 saturated carbocycles. The number of hydrogen-bond donors (Lipinski definition) is 1. The summed E-state index contributed by atoms with van der Waals surface area (Å²) in [6.07, 6.45) is 4.10. The lowest BCUT2D eigenvalue weighted by atomic mass is 10.1. The van der Waals surface area contributed by atoms with Crippen LogP contribution < -0.4 is 5.32 Å². The van der Waals surface area contributed by atoms with Crippen molar-refractivity contribution in [2.24, 2.45) is 0 Å². The van der Waals surface area contributed by atoms with Gasteiger partial charge in [0.2, 0.25) is 0 Å². The summed E-state index contributed by atoms with van der Waals surface area (Å²) in [7, 11) is 4.26. The minimum atomic E-state index is 0.366. The summed E-state index contributed by atoms with van der Waals surface area (Å²) in [4.78, 5) is 8.85. The topological polar surface area (TPSA) is 31.4 Å². The Labute approximate surface area is 97.3 Å². The number of hydrogen-bond acceptors (Lipinski definition) is 4. The fourth-order valence-electron chi connectivity index (χ4n) is 2.30. The second-order valence-electron chi connectivity index (χ2n) is 4.40. The number of nitrogens with one attached hydrogen (secondary N) is 1. The van der Waals surface area contributed by atoms with Crippen molar-refractivity contribution in [3.8, 4) is 0 Å². The fraction of sp³-hybridized carbons (Fsp3) is 0.583. The normalized spacial score (nSPS) is 19.9. The van der Waals surface area contributed by atoms with Crippen molar-refractivity contribution in [3.05, 3.63) is 30.1 Å². The van der Waals surface area contributed by atoms with E-state index in [4.69, 9.17) is 0 Å². The lowest BCUT2D eigenvalue weighted by Gasteiger charge is -2.38. The van der Waals surface area contributed by atoms with Gasteiger partial charge < -0.3 is 5.32 Å². The van der Waals surface area contributed by atoms with E-state index in [-0.39, 0.29) is 0 Å². The van der Waals surface area contributed by atoms with Crippen LogP contribution in [0.4, 0.5) is 0 Å². The Bertz CT molecular complexity index is 306. The highest BCUT2D eigenvalue weighted by Gasteiger charge is 2.23. The van der Waals surface area contributed by atoms with E-state index in [9.17, 15) is 0 Å². The standard InChI is InChI=1S/C12H20N4/c1-15(2)12(11-3-5-13-6-4-11)16-9-7-14-8-10-16/h3-6,12,14H,7-10H2,1-2H3.